The van der Waals surface area contributed by atoms with Crippen molar-refractivity contribution in [1.29, 1.82) is 0 Å². The second-order valence-corrected chi connectivity index (χ2v) is 4.42. The molecule has 0 bridgehead atoms. The van der Waals surface area contributed by atoms with Crippen molar-refractivity contribution in [1.82, 2.24) is 9.97 Å². The number of para-hydroxylation sites is 1. The highest BCUT2D eigenvalue weighted by molar-refractivity contribution is 6.29. The molecule has 0 aliphatic carbocycles. The van der Waals surface area contributed by atoms with Gasteiger partial charge in [-0.1, -0.05) is 23.7 Å². The topological polar surface area (TPSA) is 35.0 Å². The number of halogens is 4. The smallest absolute Gasteiger partial charge is 0.419 e. The normalized spacial score (nSPS) is 11.4. The minimum absolute atomic E-state index is 0.186. The van der Waals surface area contributed by atoms with Crippen molar-refractivity contribution in [3.05, 3.63) is 52.6 Å². The molecule has 0 saturated carbocycles. The zero-order valence-electron chi connectivity index (χ0n) is 10.4. The second-order valence-electron chi connectivity index (χ2n) is 4.03. The lowest BCUT2D eigenvalue weighted by Gasteiger charge is -2.13. The summed E-state index contributed by atoms with van der Waals surface area (Å²) in [5.41, 5.74) is -0.216. The lowest BCUT2D eigenvalue weighted by molar-refractivity contribution is -0.139. The van der Waals surface area contributed by atoms with Gasteiger partial charge in [0.2, 0.25) is 0 Å². The summed E-state index contributed by atoms with van der Waals surface area (Å²) in [5, 5.41) is 0.222. The lowest BCUT2D eigenvalue weighted by Crippen LogP contribution is -2.10. The third-order valence-electron chi connectivity index (χ3n) is 2.42. The molecule has 3 nitrogen and oxygen atoms in total. The summed E-state index contributed by atoms with van der Waals surface area (Å²) in [6.07, 6.45) is -4.47. The first kappa shape index (κ1) is 14.6. The Labute approximate surface area is 118 Å². The molecule has 1 heterocycles. The van der Waals surface area contributed by atoms with E-state index >= 15 is 0 Å². The first-order chi connectivity index (χ1) is 9.36. The van der Waals surface area contributed by atoms with E-state index in [-0.39, 0.29) is 23.3 Å². The molecule has 106 valence electrons. The second kappa shape index (κ2) is 5.66. The predicted octanol–water partition coefficient (Wildman–Crippen LogP) is 4.04. The van der Waals surface area contributed by atoms with Crippen LogP contribution in [0.15, 0.2) is 30.3 Å². The SMILES string of the molecule is Cc1cc(Cl)nc(COc2ccccc2C(F)(F)F)n1. The lowest BCUT2D eigenvalue weighted by atomic mass is 10.2. The molecule has 0 aliphatic rings. The van der Waals surface area contributed by atoms with Crippen molar-refractivity contribution in [3.63, 3.8) is 0 Å². The number of hydrogen-bond acceptors (Lipinski definition) is 3. The van der Waals surface area contributed by atoms with Crippen LogP contribution in [0.4, 0.5) is 13.2 Å². The number of aryl methyl sites for hydroxylation is 1. The maximum atomic E-state index is 12.8. The van der Waals surface area contributed by atoms with E-state index in [9.17, 15) is 13.2 Å². The van der Waals surface area contributed by atoms with E-state index in [2.05, 4.69) is 9.97 Å². The first-order valence-electron chi connectivity index (χ1n) is 5.65. The van der Waals surface area contributed by atoms with E-state index in [0.29, 0.717) is 5.69 Å². The standard InChI is InChI=1S/C13H10ClF3N2O/c1-8-6-11(14)19-12(18-8)7-20-10-5-3-2-4-9(10)13(15,16)17/h2-6H,7H2,1H3. The van der Waals surface area contributed by atoms with Gasteiger partial charge in [-0.3, -0.25) is 0 Å². The number of ether oxygens (including phenoxy) is 1. The van der Waals surface area contributed by atoms with Crippen molar-refractivity contribution >= 4 is 11.6 Å². The Balaban J connectivity index is 2.19. The van der Waals surface area contributed by atoms with Crippen LogP contribution < -0.4 is 4.74 Å². The van der Waals surface area contributed by atoms with Crippen LogP contribution in [-0.4, -0.2) is 9.97 Å². The van der Waals surface area contributed by atoms with Gasteiger partial charge >= 0.3 is 6.18 Å². The molecule has 0 atom stereocenters. The van der Waals surface area contributed by atoms with E-state index in [1.807, 2.05) is 0 Å². The summed E-state index contributed by atoms with van der Waals surface area (Å²) in [6, 6.07) is 6.53. The van der Waals surface area contributed by atoms with E-state index in [1.54, 1.807) is 13.0 Å². The van der Waals surface area contributed by atoms with Crippen molar-refractivity contribution < 1.29 is 17.9 Å². The number of aromatic nitrogens is 2. The molecule has 2 rings (SSSR count). The Morgan fingerprint density at radius 1 is 1.20 bits per heavy atom. The van der Waals surface area contributed by atoms with Crippen LogP contribution in [0.5, 0.6) is 5.75 Å². The zero-order chi connectivity index (χ0) is 14.8. The molecule has 0 radical (unpaired) electrons. The van der Waals surface area contributed by atoms with Crippen LogP contribution in [-0.2, 0) is 12.8 Å². The molecule has 1 aromatic carbocycles. The quantitative estimate of drug-likeness (QED) is 0.803. The van der Waals surface area contributed by atoms with Gasteiger partial charge in [-0.15, -0.1) is 0 Å². The van der Waals surface area contributed by atoms with Crippen LogP contribution >= 0.6 is 11.6 Å². The highest BCUT2D eigenvalue weighted by atomic mass is 35.5. The molecule has 0 N–H and O–H groups in total. The zero-order valence-corrected chi connectivity index (χ0v) is 11.2. The molecular formula is C13H10ClF3N2O. The Kier molecular flexibility index (Phi) is 4.13. The van der Waals surface area contributed by atoms with E-state index < -0.39 is 11.7 Å². The van der Waals surface area contributed by atoms with Crippen molar-refractivity contribution in [2.24, 2.45) is 0 Å². The van der Waals surface area contributed by atoms with Gasteiger partial charge in [0.15, 0.2) is 5.82 Å². The van der Waals surface area contributed by atoms with Gasteiger partial charge in [0.05, 0.1) is 5.56 Å². The Morgan fingerprint density at radius 3 is 2.55 bits per heavy atom. The van der Waals surface area contributed by atoms with Crippen LogP contribution in [0.25, 0.3) is 0 Å². The maximum absolute atomic E-state index is 12.8. The van der Waals surface area contributed by atoms with Crippen molar-refractivity contribution in [2.45, 2.75) is 19.7 Å². The van der Waals surface area contributed by atoms with E-state index in [4.69, 9.17) is 16.3 Å². The van der Waals surface area contributed by atoms with Crippen molar-refractivity contribution in [3.8, 4) is 5.75 Å². The highest BCUT2D eigenvalue weighted by Crippen LogP contribution is 2.36. The molecule has 7 heteroatoms. The van der Waals surface area contributed by atoms with Crippen molar-refractivity contribution in [2.75, 3.05) is 0 Å². The Hall–Kier alpha value is -1.82. The summed E-state index contributed by atoms with van der Waals surface area (Å²) in [6.45, 7) is 1.52. The van der Waals surface area contributed by atoms with Gasteiger partial charge < -0.3 is 4.74 Å². The van der Waals surface area contributed by atoms with E-state index in [1.165, 1.54) is 18.2 Å². The first-order valence-corrected chi connectivity index (χ1v) is 6.03. The monoisotopic (exact) mass is 302 g/mol. The fourth-order valence-corrected chi connectivity index (χ4v) is 1.88. The predicted molar refractivity (Wildman–Crippen MR) is 67.6 cm³/mol. The van der Waals surface area contributed by atoms with Gasteiger partial charge in [-0.25, -0.2) is 9.97 Å². The van der Waals surface area contributed by atoms with Crippen LogP contribution in [0.2, 0.25) is 5.15 Å². The van der Waals surface area contributed by atoms with E-state index in [0.717, 1.165) is 6.07 Å². The minimum atomic E-state index is -4.47. The van der Waals surface area contributed by atoms with Gasteiger partial charge in [-0.2, -0.15) is 13.2 Å². The average molecular weight is 303 g/mol. The maximum Gasteiger partial charge on any atom is 0.419 e. The molecule has 2 aromatic rings. The highest BCUT2D eigenvalue weighted by Gasteiger charge is 2.34. The molecule has 20 heavy (non-hydrogen) atoms. The molecule has 0 fully saturated rings. The molecule has 0 amide bonds. The van der Waals surface area contributed by atoms with Gasteiger partial charge in [-0.05, 0) is 25.1 Å². The molecule has 0 unspecified atom stereocenters. The minimum Gasteiger partial charge on any atom is -0.485 e. The number of rotatable bonds is 3. The summed E-state index contributed by atoms with van der Waals surface area (Å²) < 4.78 is 43.5. The van der Waals surface area contributed by atoms with Crippen LogP contribution in [0, 0.1) is 6.92 Å². The molecule has 1 aromatic heterocycles. The third-order valence-corrected chi connectivity index (χ3v) is 2.61. The Morgan fingerprint density at radius 2 is 1.90 bits per heavy atom. The number of hydrogen-bond donors (Lipinski definition) is 0. The third kappa shape index (κ3) is 3.60. The summed E-state index contributed by atoms with van der Waals surface area (Å²) in [4.78, 5) is 7.93. The summed E-state index contributed by atoms with van der Waals surface area (Å²) in [5.74, 6) is -0.0341. The molecule has 0 saturated heterocycles. The number of nitrogens with zero attached hydrogens (tertiary/aromatic N) is 2. The molecule has 0 spiro atoms. The van der Waals surface area contributed by atoms with Gasteiger partial charge in [0.1, 0.15) is 17.5 Å². The fourth-order valence-electron chi connectivity index (χ4n) is 1.62. The van der Waals surface area contributed by atoms with Crippen LogP contribution in [0.3, 0.4) is 0 Å². The Bertz CT molecular complexity index is 597. The summed E-state index contributed by atoms with van der Waals surface area (Å²) in [7, 11) is 0. The number of alkyl halides is 3. The molecular weight excluding hydrogens is 293 g/mol. The van der Waals surface area contributed by atoms with Gasteiger partial charge in [0.25, 0.3) is 0 Å². The molecule has 0 aliphatic heterocycles. The fraction of sp³-hybridized carbons (Fsp3) is 0.231. The average Bonchev–Trinajstić information content (AvgIpc) is 2.34. The summed E-state index contributed by atoms with van der Waals surface area (Å²) >= 11 is 5.75. The van der Waals surface area contributed by atoms with Gasteiger partial charge in [0, 0.05) is 5.69 Å². The largest absolute Gasteiger partial charge is 0.485 e. The van der Waals surface area contributed by atoms with Crippen LogP contribution in [0.1, 0.15) is 17.1 Å². The number of benzene rings is 1.